The largest absolute Gasteiger partial charge is 0.493 e. The first-order valence-electron chi connectivity index (χ1n) is 5.66. The highest BCUT2D eigenvalue weighted by Gasteiger charge is 2.30. The highest BCUT2D eigenvalue weighted by molar-refractivity contribution is 5.96. The van der Waals surface area contributed by atoms with Gasteiger partial charge in [-0.25, -0.2) is 14.0 Å². The van der Waals surface area contributed by atoms with E-state index in [4.69, 9.17) is 5.11 Å². The van der Waals surface area contributed by atoms with Crippen LogP contribution in [0.25, 0.3) is 0 Å². The summed E-state index contributed by atoms with van der Waals surface area (Å²) in [5.74, 6) is -3.78. The van der Waals surface area contributed by atoms with Gasteiger partial charge in [-0.3, -0.25) is 15.4 Å². The molecule has 118 valence electrons. The molecule has 0 bridgehead atoms. The first-order valence-corrected chi connectivity index (χ1v) is 5.66. The molecule has 0 saturated heterocycles. The Morgan fingerprint density at radius 1 is 1.59 bits per heavy atom. The minimum absolute atomic E-state index is 0.203. The number of rotatable bonds is 6. The lowest BCUT2D eigenvalue weighted by atomic mass is 10.1. The summed E-state index contributed by atoms with van der Waals surface area (Å²) in [7, 11) is 0.983. The fourth-order valence-corrected chi connectivity index (χ4v) is 1.51. The summed E-state index contributed by atoms with van der Waals surface area (Å²) in [6.07, 6.45) is 0.0605. The molecule has 1 amide bonds. The number of hydrogen-bond acceptors (Lipinski definition) is 6. The monoisotopic (exact) mass is 314 g/mol. The SMILES string of the molecule is C=CCOC(=O)Nc1c([N+](=O)[O-])cc(C(=O)O)c(OC)c1F. The Hall–Kier alpha value is -3.17. The van der Waals surface area contributed by atoms with Crippen molar-refractivity contribution in [1.82, 2.24) is 0 Å². The minimum Gasteiger partial charge on any atom is -0.493 e. The Morgan fingerprint density at radius 2 is 2.23 bits per heavy atom. The van der Waals surface area contributed by atoms with E-state index < -0.39 is 45.5 Å². The third-order valence-corrected chi connectivity index (χ3v) is 2.39. The number of amides is 1. The lowest BCUT2D eigenvalue weighted by Gasteiger charge is -2.12. The third-order valence-electron chi connectivity index (χ3n) is 2.39. The van der Waals surface area contributed by atoms with Gasteiger partial charge in [0, 0.05) is 6.07 Å². The normalized spacial score (nSPS) is 9.73. The van der Waals surface area contributed by atoms with Crippen molar-refractivity contribution in [3.63, 3.8) is 0 Å². The lowest BCUT2D eigenvalue weighted by Crippen LogP contribution is -2.17. The highest BCUT2D eigenvalue weighted by Crippen LogP contribution is 2.37. The van der Waals surface area contributed by atoms with Gasteiger partial charge < -0.3 is 14.6 Å². The van der Waals surface area contributed by atoms with Crippen LogP contribution in [0, 0.1) is 15.9 Å². The minimum atomic E-state index is -1.63. The summed E-state index contributed by atoms with van der Waals surface area (Å²) in [4.78, 5) is 32.3. The number of carbonyl (C=O) groups excluding carboxylic acids is 1. The zero-order chi connectivity index (χ0) is 16.9. The Balaban J connectivity index is 3.41. The number of hydrogen-bond donors (Lipinski definition) is 2. The molecule has 22 heavy (non-hydrogen) atoms. The smallest absolute Gasteiger partial charge is 0.412 e. The number of methoxy groups -OCH3 is 1. The van der Waals surface area contributed by atoms with Gasteiger partial charge in [-0.2, -0.15) is 0 Å². The fourth-order valence-electron chi connectivity index (χ4n) is 1.51. The van der Waals surface area contributed by atoms with Gasteiger partial charge in [0.05, 0.1) is 12.0 Å². The fraction of sp³-hybridized carbons (Fsp3) is 0.167. The van der Waals surface area contributed by atoms with Crippen LogP contribution in [0.3, 0.4) is 0 Å². The second-order valence-electron chi connectivity index (χ2n) is 3.74. The number of carboxylic acids is 1. The van der Waals surface area contributed by atoms with Crippen LogP contribution < -0.4 is 10.1 Å². The predicted octanol–water partition coefficient (Wildman–Crippen LogP) is 2.18. The second kappa shape index (κ2) is 7.02. The molecule has 0 heterocycles. The summed E-state index contributed by atoms with van der Waals surface area (Å²) in [5.41, 5.74) is -2.57. The van der Waals surface area contributed by atoms with E-state index in [0.717, 1.165) is 7.11 Å². The Labute approximate surface area is 123 Å². The molecule has 0 aromatic heterocycles. The summed E-state index contributed by atoms with van der Waals surface area (Å²) >= 11 is 0. The van der Waals surface area contributed by atoms with Crippen LogP contribution in [0.2, 0.25) is 0 Å². The van der Waals surface area contributed by atoms with E-state index in [1.54, 1.807) is 0 Å². The molecule has 1 aromatic rings. The van der Waals surface area contributed by atoms with E-state index in [0.29, 0.717) is 6.07 Å². The predicted molar refractivity (Wildman–Crippen MR) is 71.7 cm³/mol. The maximum Gasteiger partial charge on any atom is 0.412 e. The molecule has 1 aromatic carbocycles. The standard InChI is InChI=1S/C12H11FN2O7/c1-3-4-22-12(18)14-9-7(15(19)20)5-6(11(16)17)10(21-2)8(9)13/h3,5H,1,4H2,2H3,(H,14,18)(H,16,17). The number of nitro groups is 1. The van der Waals surface area contributed by atoms with Crippen molar-refractivity contribution < 1.29 is 33.5 Å². The molecule has 1 rings (SSSR count). The average molecular weight is 314 g/mol. The van der Waals surface area contributed by atoms with E-state index in [1.165, 1.54) is 6.08 Å². The molecule has 0 saturated carbocycles. The van der Waals surface area contributed by atoms with Crippen LogP contribution in [0.4, 0.5) is 20.6 Å². The summed E-state index contributed by atoms with van der Waals surface area (Å²) in [5, 5.41) is 21.7. The molecule has 0 aliphatic carbocycles. The van der Waals surface area contributed by atoms with Crippen LogP contribution in [0.15, 0.2) is 18.7 Å². The van der Waals surface area contributed by atoms with Crippen LogP contribution in [-0.4, -0.2) is 35.8 Å². The van der Waals surface area contributed by atoms with Crippen molar-refractivity contribution in [3.8, 4) is 5.75 Å². The summed E-state index contributed by atoms with van der Waals surface area (Å²) in [6.45, 7) is 3.09. The number of carbonyl (C=O) groups is 2. The molecule has 0 spiro atoms. The van der Waals surface area contributed by atoms with Gasteiger partial charge in [-0.05, 0) is 0 Å². The maximum absolute atomic E-state index is 14.2. The number of ether oxygens (including phenoxy) is 2. The zero-order valence-electron chi connectivity index (χ0n) is 11.3. The quantitative estimate of drug-likeness (QED) is 0.467. The number of halogens is 1. The van der Waals surface area contributed by atoms with Crippen LogP contribution in [0.5, 0.6) is 5.75 Å². The maximum atomic E-state index is 14.2. The zero-order valence-corrected chi connectivity index (χ0v) is 11.3. The van der Waals surface area contributed by atoms with Gasteiger partial charge in [-0.15, -0.1) is 0 Å². The average Bonchev–Trinajstić information content (AvgIpc) is 2.46. The molecule has 10 heteroatoms. The molecule has 0 radical (unpaired) electrons. The number of benzene rings is 1. The van der Waals surface area contributed by atoms with Crippen molar-refractivity contribution in [2.45, 2.75) is 0 Å². The highest BCUT2D eigenvalue weighted by atomic mass is 19.1. The molecule has 0 atom stereocenters. The van der Waals surface area contributed by atoms with E-state index in [-0.39, 0.29) is 6.61 Å². The summed E-state index contributed by atoms with van der Waals surface area (Å²) in [6, 6.07) is 0.577. The molecule has 0 unspecified atom stereocenters. The number of nitrogens with one attached hydrogen (secondary N) is 1. The van der Waals surface area contributed by atoms with Gasteiger partial charge in [0.1, 0.15) is 12.2 Å². The molecule has 0 aliphatic heterocycles. The van der Waals surface area contributed by atoms with Crippen LogP contribution in [-0.2, 0) is 4.74 Å². The van der Waals surface area contributed by atoms with Crippen LogP contribution >= 0.6 is 0 Å². The number of nitro benzene ring substituents is 1. The molecule has 2 N–H and O–H groups in total. The molecule has 0 fully saturated rings. The Kier molecular flexibility index (Phi) is 5.38. The van der Waals surface area contributed by atoms with Crippen molar-refractivity contribution in [3.05, 3.63) is 40.2 Å². The molecule has 0 aliphatic rings. The van der Waals surface area contributed by atoms with E-state index >= 15 is 0 Å². The lowest BCUT2D eigenvalue weighted by molar-refractivity contribution is -0.384. The first kappa shape index (κ1) is 16.9. The van der Waals surface area contributed by atoms with Gasteiger partial charge >= 0.3 is 12.1 Å². The van der Waals surface area contributed by atoms with Crippen molar-refractivity contribution in [1.29, 1.82) is 0 Å². The van der Waals surface area contributed by atoms with E-state index in [2.05, 4.69) is 16.1 Å². The van der Waals surface area contributed by atoms with E-state index in [1.807, 2.05) is 5.32 Å². The molecular weight excluding hydrogens is 303 g/mol. The molecule has 9 nitrogen and oxygen atoms in total. The van der Waals surface area contributed by atoms with Crippen molar-refractivity contribution in [2.75, 3.05) is 19.0 Å². The van der Waals surface area contributed by atoms with Crippen molar-refractivity contribution in [2.24, 2.45) is 0 Å². The van der Waals surface area contributed by atoms with E-state index in [9.17, 15) is 24.1 Å². The topological polar surface area (TPSA) is 128 Å². The van der Waals surface area contributed by atoms with Gasteiger partial charge in [-0.1, -0.05) is 12.7 Å². The summed E-state index contributed by atoms with van der Waals surface area (Å²) < 4.78 is 23.3. The first-order chi connectivity index (χ1) is 10.3. The van der Waals surface area contributed by atoms with Gasteiger partial charge in [0.25, 0.3) is 5.69 Å². The second-order valence-corrected chi connectivity index (χ2v) is 3.74. The number of anilines is 1. The number of carboxylic acid groups (broad SMARTS) is 1. The van der Waals surface area contributed by atoms with Gasteiger partial charge in [0.2, 0.25) is 0 Å². The Bertz CT molecular complexity index is 645. The van der Waals surface area contributed by atoms with Gasteiger partial charge in [0.15, 0.2) is 17.3 Å². The van der Waals surface area contributed by atoms with Crippen LogP contribution in [0.1, 0.15) is 10.4 Å². The number of aromatic carboxylic acids is 1. The third kappa shape index (κ3) is 3.48. The van der Waals surface area contributed by atoms with Crippen molar-refractivity contribution >= 4 is 23.4 Å². The number of nitrogens with zero attached hydrogens (tertiary/aromatic N) is 1. The Morgan fingerprint density at radius 3 is 2.68 bits per heavy atom. The molecular formula is C12H11FN2O7.